The molecular weight excluding hydrogens is 236 g/mol. The molecule has 0 amide bonds. The number of nitrogens with one attached hydrogen (secondary N) is 1. The molecule has 0 saturated carbocycles. The molecule has 1 heterocycles. The van der Waals surface area contributed by atoms with Crippen molar-refractivity contribution < 1.29 is 4.74 Å². The quantitative estimate of drug-likeness (QED) is 0.775. The predicted molar refractivity (Wildman–Crippen MR) is 76.6 cm³/mol. The van der Waals surface area contributed by atoms with Gasteiger partial charge in [-0.1, -0.05) is 30.3 Å². The van der Waals surface area contributed by atoms with E-state index in [0.717, 1.165) is 29.0 Å². The zero-order valence-electron chi connectivity index (χ0n) is 11.1. The summed E-state index contributed by atoms with van der Waals surface area (Å²) in [4.78, 5) is 7.84. The molecule has 0 spiro atoms. The molecule has 3 nitrogen and oxygen atoms in total. The highest BCUT2D eigenvalue weighted by molar-refractivity contribution is 5.79. The van der Waals surface area contributed by atoms with Crippen LogP contribution in [0.25, 0.3) is 11.0 Å². The van der Waals surface area contributed by atoms with Crippen LogP contribution in [-0.4, -0.2) is 17.1 Å². The number of imidazole rings is 1. The van der Waals surface area contributed by atoms with Crippen LogP contribution in [0, 0.1) is 6.92 Å². The lowest BCUT2D eigenvalue weighted by molar-refractivity contribution is 0.410. The predicted octanol–water partition coefficient (Wildman–Crippen LogP) is 3.47. The Labute approximate surface area is 112 Å². The first-order valence-corrected chi connectivity index (χ1v) is 6.34. The molecule has 3 heteroatoms. The van der Waals surface area contributed by atoms with Gasteiger partial charge in [0.15, 0.2) is 0 Å². The maximum atomic E-state index is 5.41. The monoisotopic (exact) mass is 252 g/mol. The highest BCUT2D eigenvalue weighted by Crippen LogP contribution is 2.24. The van der Waals surface area contributed by atoms with E-state index in [9.17, 15) is 0 Å². The molecule has 3 rings (SSSR count). The summed E-state index contributed by atoms with van der Waals surface area (Å²) < 4.78 is 5.41. The molecule has 19 heavy (non-hydrogen) atoms. The second kappa shape index (κ2) is 4.76. The Hall–Kier alpha value is -2.29. The van der Waals surface area contributed by atoms with Crippen LogP contribution < -0.4 is 4.74 Å². The number of fused-ring (bicyclic) bond motifs is 1. The number of methoxy groups -OCH3 is 1. The van der Waals surface area contributed by atoms with Gasteiger partial charge in [-0.15, -0.1) is 0 Å². The number of ether oxygens (including phenoxy) is 1. The van der Waals surface area contributed by atoms with Crippen LogP contribution in [-0.2, 0) is 6.42 Å². The van der Waals surface area contributed by atoms with E-state index in [1.807, 2.05) is 25.1 Å². The number of H-pyrrole nitrogens is 1. The summed E-state index contributed by atoms with van der Waals surface area (Å²) in [5, 5.41) is 0. The third-order valence-electron chi connectivity index (χ3n) is 3.29. The van der Waals surface area contributed by atoms with E-state index in [0.29, 0.717) is 0 Å². The van der Waals surface area contributed by atoms with Crippen LogP contribution in [0.4, 0.5) is 0 Å². The minimum absolute atomic E-state index is 0.825. The van der Waals surface area contributed by atoms with Crippen molar-refractivity contribution in [3.8, 4) is 5.75 Å². The summed E-state index contributed by atoms with van der Waals surface area (Å²) in [5.74, 6) is 1.87. The number of rotatable bonds is 3. The fourth-order valence-electron chi connectivity index (χ4n) is 2.41. The van der Waals surface area contributed by atoms with Crippen molar-refractivity contribution >= 4 is 11.0 Å². The van der Waals surface area contributed by atoms with Crippen LogP contribution in [0.3, 0.4) is 0 Å². The average molecular weight is 252 g/mol. The lowest BCUT2D eigenvalue weighted by Crippen LogP contribution is -1.94. The number of aromatic amines is 1. The van der Waals surface area contributed by atoms with Gasteiger partial charge in [0.1, 0.15) is 11.6 Å². The molecule has 0 bridgehead atoms. The van der Waals surface area contributed by atoms with E-state index in [1.54, 1.807) is 7.11 Å². The maximum absolute atomic E-state index is 5.41. The fourth-order valence-corrected chi connectivity index (χ4v) is 2.41. The average Bonchev–Trinajstić information content (AvgIpc) is 2.81. The molecule has 0 saturated heterocycles. The van der Waals surface area contributed by atoms with E-state index < -0.39 is 0 Å². The largest absolute Gasteiger partial charge is 0.496 e. The van der Waals surface area contributed by atoms with Gasteiger partial charge in [-0.25, -0.2) is 4.98 Å². The molecule has 0 fully saturated rings. The summed E-state index contributed by atoms with van der Waals surface area (Å²) >= 11 is 0. The molecule has 0 radical (unpaired) electrons. The summed E-state index contributed by atoms with van der Waals surface area (Å²) in [5.41, 5.74) is 4.53. The summed E-state index contributed by atoms with van der Waals surface area (Å²) in [6.45, 7) is 1.98. The minimum atomic E-state index is 0.825. The van der Waals surface area contributed by atoms with Gasteiger partial charge in [-0.05, 0) is 30.2 Å². The van der Waals surface area contributed by atoms with E-state index in [1.165, 1.54) is 11.1 Å². The fraction of sp³-hybridized carbons (Fsp3) is 0.188. The third-order valence-corrected chi connectivity index (χ3v) is 3.29. The number of benzene rings is 2. The molecule has 96 valence electrons. The van der Waals surface area contributed by atoms with Gasteiger partial charge in [0.2, 0.25) is 0 Å². The van der Waals surface area contributed by atoms with Gasteiger partial charge < -0.3 is 9.72 Å². The van der Waals surface area contributed by atoms with Crippen molar-refractivity contribution in [2.45, 2.75) is 13.3 Å². The zero-order chi connectivity index (χ0) is 13.2. The van der Waals surface area contributed by atoms with Crippen LogP contribution in [0.2, 0.25) is 0 Å². The van der Waals surface area contributed by atoms with Crippen molar-refractivity contribution in [2.24, 2.45) is 0 Å². The third kappa shape index (κ3) is 2.19. The molecule has 3 aromatic rings. The standard InChI is InChI=1S/C16H16N2O/c1-11-17-14-8-5-7-13(16(14)18-11)10-12-6-3-4-9-15(12)19-2/h3-9H,10H2,1-2H3,(H,17,18). The summed E-state index contributed by atoms with van der Waals surface area (Å²) in [6.07, 6.45) is 0.825. The SMILES string of the molecule is COc1ccccc1Cc1cccc2[nH]c(C)nc12. The van der Waals surface area contributed by atoms with E-state index >= 15 is 0 Å². The second-order valence-corrected chi connectivity index (χ2v) is 4.62. The lowest BCUT2D eigenvalue weighted by atomic mass is 10.0. The number of aromatic nitrogens is 2. The van der Waals surface area contributed by atoms with Crippen molar-refractivity contribution in [1.82, 2.24) is 9.97 Å². The topological polar surface area (TPSA) is 37.9 Å². The van der Waals surface area contributed by atoms with Crippen LogP contribution >= 0.6 is 0 Å². The zero-order valence-corrected chi connectivity index (χ0v) is 11.1. The first kappa shape index (κ1) is 11.8. The van der Waals surface area contributed by atoms with Crippen molar-refractivity contribution in [3.63, 3.8) is 0 Å². The number of aryl methyl sites for hydroxylation is 1. The Kier molecular flexibility index (Phi) is 2.95. The van der Waals surface area contributed by atoms with Gasteiger partial charge in [-0.2, -0.15) is 0 Å². The molecule has 0 aliphatic heterocycles. The molecule has 0 atom stereocenters. The first-order valence-electron chi connectivity index (χ1n) is 6.34. The summed E-state index contributed by atoms with van der Waals surface area (Å²) in [7, 11) is 1.71. The number of hydrogen-bond acceptors (Lipinski definition) is 2. The van der Waals surface area contributed by atoms with Gasteiger partial charge >= 0.3 is 0 Å². The molecule has 2 aromatic carbocycles. The van der Waals surface area contributed by atoms with Gasteiger partial charge in [0.25, 0.3) is 0 Å². The van der Waals surface area contributed by atoms with Crippen LogP contribution in [0.5, 0.6) is 5.75 Å². The molecule has 0 unspecified atom stereocenters. The Bertz CT molecular complexity index is 716. The molecule has 1 N–H and O–H groups in total. The highest BCUT2D eigenvalue weighted by Gasteiger charge is 2.08. The molecule has 0 aliphatic carbocycles. The Morgan fingerprint density at radius 1 is 1.05 bits per heavy atom. The smallest absolute Gasteiger partial charge is 0.122 e. The number of nitrogens with zero attached hydrogens (tertiary/aromatic N) is 1. The van der Waals surface area contributed by atoms with Gasteiger partial charge in [-0.3, -0.25) is 0 Å². The summed E-state index contributed by atoms with van der Waals surface area (Å²) in [6, 6.07) is 14.3. The van der Waals surface area contributed by atoms with E-state index in [-0.39, 0.29) is 0 Å². The Morgan fingerprint density at radius 3 is 2.68 bits per heavy atom. The number of hydrogen-bond donors (Lipinski definition) is 1. The van der Waals surface area contributed by atoms with Crippen LogP contribution in [0.15, 0.2) is 42.5 Å². The van der Waals surface area contributed by atoms with Crippen LogP contribution in [0.1, 0.15) is 17.0 Å². The minimum Gasteiger partial charge on any atom is -0.496 e. The molecular formula is C16H16N2O. The lowest BCUT2D eigenvalue weighted by Gasteiger charge is -2.08. The van der Waals surface area contributed by atoms with E-state index in [4.69, 9.17) is 4.74 Å². The highest BCUT2D eigenvalue weighted by atomic mass is 16.5. The van der Waals surface area contributed by atoms with Gasteiger partial charge in [0.05, 0.1) is 18.1 Å². The molecule has 0 aliphatic rings. The normalized spacial score (nSPS) is 10.8. The van der Waals surface area contributed by atoms with Crippen molar-refractivity contribution in [1.29, 1.82) is 0 Å². The Balaban J connectivity index is 2.05. The van der Waals surface area contributed by atoms with Gasteiger partial charge in [0, 0.05) is 6.42 Å². The van der Waals surface area contributed by atoms with E-state index in [2.05, 4.69) is 34.2 Å². The first-order chi connectivity index (χ1) is 9.28. The number of para-hydroxylation sites is 2. The Morgan fingerprint density at radius 2 is 1.84 bits per heavy atom. The van der Waals surface area contributed by atoms with Crippen molar-refractivity contribution in [3.05, 3.63) is 59.4 Å². The second-order valence-electron chi connectivity index (χ2n) is 4.62. The van der Waals surface area contributed by atoms with Crippen molar-refractivity contribution in [2.75, 3.05) is 7.11 Å². The molecule has 1 aromatic heterocycles. The maximum Gasteiger partial charge on any atom is 0.122 e.